The van der Waals surface area contributed by atoms with E-state index in [0.29, 0.717) is 18.7 Å². The summed E-state index contributed by atoms with van der Waals surface area (Å²) >= 11 is 1.47. The van der Waals surface area contributed by atoms with Crippen molar-refractivity contribution in [3.8, 4) is 0 Å². The number of imidazole rings is 1. The van der Waals surface area contributed by atoms with E-state index in [-0.39, 0.29) is 30.7 Å². The lowest BCUT2D eigenvalue weighted by Crippen LogP contribution is -2.12. The summed E-state index contributed by atoms with van der Waals surface area (Å²) in [6, 6.07) is 5.93. The summed E-state index contributed by atoms with van der Waals surface area (Å²) < 4.78 is 2.31. The van der Waals surface area contributed by atoms with Crippen LogP contribution in [0.2, 0.25) is 0 Å². The maximum absolute atomic E-state index is 12.4. The SMILES string of the molecule is Cl.Cl.NCCc1nc(C(=O)Nc2ccc3c(c2)nc2n3CCCCC2)cs1. The zero-order chi connectivity index (χ0) is 17.2. The molecule has 0 saturated heterocycles. The van der Waals surface area contributed by atoms with Crippen LogP contribution >= 0.6 is 36.2 Å². The summed E-state index contributed by atoms with van der Waals surface area (Å²) in [5, 5.41) is 5.59. The maximum Gasteiger partial charge on any atom is 0.275 e. The molecular formula is C18H23Cl2N5OS. The van der Waals surface area contributed by atoms with Crippen LogP contribution in [-0.2, 0) is 19.4 Å². The molecular weight excluding hydrogens is 405 g/mol. The molecule has 1 aliphatic rings. The maximum atomic E-state index is 12.4. The molecule has 0 fully saturated rings. The molecule has 6 nitrogen and oxygen atoms in total. The largest absolute Gasteiger partial charge is 0.330 e. The first kappa shape index (κ1) is 21.6. The average molecular weight is 428 g/mol. The number of carbonyl (C=O) groups is 1. The van der Waals surface area contributed by atoms with Gasteiger partial charge in [-0.1, -0.05) is 6.42 Å². The first-order valence-electron chi connectivity index (χ1n) is 8.69. The van der Waals surface area contributed by atoms with Gasteiger partial charge in [-0.2, -0.15) is 0 Å². The van der Waals surface area contributed by atoms with E-state index in [4.69, 9.17) is 10.7 Å². The Kier molecular flexibility index (Phi) is 7.61. The van der Waals surface area contributed by atoms with Gasteiger partial charge in [0.25, 0.3) is 5.91 Å². The van der Waals surface area contributed by atoms with Crippen molar-refractivity contribution < 1.29 is 4.79 Å². The number of nitrogens with one attached hydrogen (secondary N) is 1. The Morgan fingerprint density at radius 1 is 1.22 bits per heavy atom. The number of nitrogens with zero attached hydrogens (tertiary/aromatic N) is 3. The van der Waals surface area contributed by atoms with Crippen LogP contribution in [0, 0.1) is 0 Å². The number of benzene rings is 1. The summed E-state index contributed by atoms with van der Waals surface area (Å²) in [5.41, 5.74) is 8.81. The van der Waals surface area contributed by atoms with Crippen molar-refractivity contribution in [1.82, 2.24) is 14.5 Å². The smallest absolute Gasteiger partial charge is 0.275 e. The molecule has 1 amide bonds. The molecule has 4 rings (SSSR count). The van der Waals surface area contributed by atoms with Crippen molar-refractivity contribution in [3.63, 3.8) is 0 Å². The number of aryl methyl sites for hydroxylation is 2. The summed E-state index contributed by atoms with van der Waals surface area (Å²) in [6.45, 7) is 1.57. The number of halogens is 2. The summed E-state index contributed by atoms with van der Waals surface area (Å²) in [4.78, 5) is 21.5. The van der Waals surface area contributed by atoms with E-state index in [9.17, 15) is 4.79 Å². The predicted molar refractivity (Wildman–Crippen MR) is 115 cm³/mol. The molecule has 1 aromatic carbocycles. The molecule has 0 unspecified atom stereocenters. The zero-order valence-electron chi connectivity index (χ0n) is 14.8. The highest BCUT2D eigenvalue weighted by atomic mass is 35.5. The molecule has 146 valence electrons. The van der Waals surface area contributed by atoms with Gasteiger partial charge in [0.15, 0.2) is 0 Å². The van der Waals surface area contributed by atoms with Crippen molar-refractivity contribution in [3.05, 3.63) is 40.1 Å². The number of rotatable bonds is 4. The third-order valence-electron chi connectivity index (χ3n) is 4.51. The Balaban J connectivity index is 0.00000131. The highest BCUT2D eigenvalue weighted by molar-refractivity contribution is 7.09. The lowest BCUT2D eigenvalue weighted by molar-refractivity contribution is 0.102. The second-order valence-electron chi connectivity index (χ2n) is 6.31. The minimum atomic E-state index is -0.195. The van der Waals surface area contributed by atoms with Crippen LogP contribution in [0.5, 0.6) is 0 Å². The number of nitrogens with two attached hydrogens (primary N) is 1. The van der Waals surface area contributed by atoms with Gasteiger partial charge in [0, 0.05) is 30.5 Å². The Hall–Kier alpha value is -1.67. The van der Waals surface area contributed by atoms with Gasteiger partial charge >= 0.3 is 0 Å². The number of hydrogen-bond donors (Lipinski definition) is 2. The molecule has 0 bridgehead atoms. The van der Waals surface area contributed by atoms with Gasteiger partial charge < -0.3 is 15.6 Å². The predicted octanol–water partition coefficient (Wildman–Crippen LogP) is 3.82. The Morgan fingerprint density at radius 2 is 2.07 bits per heavy atom. The fraction of sp³-hybridized carbons (Fsp3) is 0.389. The van der Waals surface area contributed by atoms with Crippen molar-refractivity contribution in [2.45, 2.75) is 38.6 Å². The number of amides is 1. The molecule has 3 aromatic rings. The van der Waals surface area contributed by atoms with Gasteiger partial charge in [-0.05, 0) is 37.6 Å². The van der Waals surface area contributed by atoms with Gasteiger partial charge in [-0.15, -0.1) is 36.2 Å². The summed E-state index contributed by atoms with van der Waals surface area (Å²) in [5.74, 6) is 0.960. The van der Waals surface area contributed by atoms with E-state index in [0.717, 1.165) is 40.5 Å². The highest BCUT2D eigenvalue weighted by Gasteiger charge is 2.15. The molecule has 0 aliphatic carbocycles. The molecule has 27 heavy (non-hydrogen) atoms. The van der Waals surface area contributed by atoms with E-state index in [2.05, 4.69) is 14.9 Å². The topological polar surface area (TPSA) is 85.8 Å². The lowest BCUT2D eigenvalue weighted by Gasteiger charge is -2.06. The number of aromatic nitrogens is 3. The number of anilines is 1. The highest BCUT2D eigenvalue weighted by Crippen LogP contribution is 2.24. The monoisotopic (exact) mass is 427 g/mol. The standard InChI is InChI=1S/C18H21N5OS.2ClH/c19-8-7-17-22-14(11-25-17)18(24)20-12-5-6-15-13(10-12)21-16-4-2-1-3-9-23(15)16;;/h5-6,10-11H,1-4,7-9,19H2,(H,20,24);2*1H. The molecule has 0 atom stereocenters. The van der Waals surface area contributed by atoms with Crippen LogP contribution in [0.1, 0.15) is 40.6 Å². The fourth-order valence-electron chi connectivity index (χ4n) is 3.28. The van der Waals surface area contributed by atoms with Gasteiger partial charge in [0.1, 0.15) is 11.5 Å². The van der Waals surface area contributed by atoms with Crippen molar-refractivity contribution in [1.29, 1.82) is 0 Å². The molecule has 9 heteroatoms. The molecule has 0 spiro atoms. The molecule has 1 aliphatic heterocycles. The Morgan fingerprint density at radius 3 is 2.89 bits per heavy atom. The van der Waals surface area contributed by atoms with Gasteiger partial charge in [-0.3, -0.25) is 4.79 Å². The van der Waals surface area contributed by atoms with Crippen LogP contribution < -0.4 is 11.1 Å². The summed E-state index contributed by atoms with van der Waals surface area (Å²) in [7, 11) is 0. The molecule has 2 aromatic heterocycles. The minimum Gasteiger partial charge on any atom is -0.330 e. The number of carbonyl (C=O) groups excluding carboxylic acids is 1. The second kappa shape index (κ2) is 9.50. The van der Waals surface area contributed by atoms with Gasteiger partial charge in [-0.25, -0.2) is 9.97 Å². The first-order valence-corrected chi connectivity index (χ1v) is 9.57. The first-order chi connectivity index (χ1) is 12.2. The lowest BCUT2D eigenvalue weighted by atomic mass is 10.2. The van der Waals surface area contributed by atoms with Crippen LogP contribution in [0.3, 0.4) is 0 Å². The third-order valence-corrected chi connectivity index (χ3v) is 5.42. The van der Waals surface area contributed by atoms with E-state index in [1.807, 2.05) is 18.2 Å². The molecule has 3 heterocycles. The average Bonchev–Trinajstić information content (AvgIpc) is 3.13. The molecule has 0 radical (unpaired) electrons. The van der Waals surface area contributed by atoms with E-state index in [1.165, 1.54) is 30.6 Å². The molecule has 0 saturated carbocycles. The van der Waals surface area contributed by atoms with Crippen LogP contribution in [0.4, 0.5) is 5.69 Å². The number of thiazole rings is 1. The van der Waals surface area contributed by atoms with Gasteiger partial charge in [0.2, 0.25) is 0 Å². The van der Waals surface area contributed by atoms with Gasteiger partial charge in [0.05, 0.1) is 16.0 Å². The zero-order valence-corrected chi connectivity index (χ0v) is 17.3. The van der Waals surface area contributed by atoms with Crippen molar-refractivity contribution >= 4 is 58.8 Å². The van der Waals surface area contributed by atoms with E-state index in [1.54, 1.807) is 5.38 Å². The second-order valence-corrected chi connectivity index (χ2v) is 7.26. The van der Waals surface area contributed by atoms with E-state index < -0.39 is 0 Å². The van der Waals surface area contributed by atoms with Crippen LogP contribution in [-0.4, -0.2) is 27.0 Å². The molecule has 3 N–H and O–H groups in total. The van der Waals surface area contributed by atoms with Crippen molar-refractivity contribution in [2.24, 2.45) is 5.73 Å². The summed E-state index contributed by atoms with van der Waals surface area (Å²) in [6.07, 6.45) is 5.38. The minimum absolute atomic E-state index is 0. The Labute approximate surface area is 174 Å². The van der Waals surface area contributed by atoms with E-state index >= 15 is 0 Å². The van der Waals surface area contributed by atoms with Crippen LogP contribution in [0.25, 0.3) is 11.0 Å². The fourth-order valence-corrected chi connectivity index (χ4v) is 4.07. The quantitative estimate of drug-likeness (QED) is 0.662. The number of hydrogen-bond acceptors (Lipinski definition) is 5. The third kappa shape index (κ3) is 4.60. The number of fused-ring (bicyclic) bond motifs is 3. The Bertz CT molecular complexity index is 924. The van der Waals surface area contributed by atoms with Crippen molar-refractivity contribution in [2.75, 3.05) is 11.9 Å². The van der Waals surface area contributed by atoms with Crippen LogP contribution in [0.15, 0.2) is 23.6 Å². The normalized spacial score (nSPS) is 13.2.